The van der Waals surface area contributed by atoms with Crippen LogP contribution in [-0.4, -0.2) is 9.78 Å². The van der Waals surface area contributed by atoms with Crippen molar-refractivity contribution in [1.29, 1.82) is 0 Å². The van der Waals surface area contributed by atoms with E-state index in [-0.39, 0.29) is 0 Å². The molecule has 0 aliphatic carbocycles. The highest BCUT2D eigenvalue weighted by molar-refractivity contribution is 7.99. The van der Waals surface area contributed by atoms with E-state index >= 15 is 0 Å². The number of benzene rings is 1. The molecular formula is C13H17N3S. The maximum absolute atomic E-state index is 6.08. The smallest absolute Gasteiger partial charge is 0.122 e. The molecule has 2 rings (SSSR count). The van der Waals surface area contributed by atoms with Gasteiger partial charge in [0, 0.05) is 11.4 Å². The highest BCUT2D eigenvalue weighted by Gasteiger charge is 2.13. The van der Waals surface area contributed by atoms with E-state index < -0.39 is 0 Å². The Labute approximate surface area is 106 Å². The standard InChI is InChI=1S/C13H17N3S/c1-3-9-16-13(12(14)10(2)15-16)17-11-7-5-4-6-8-11/h4-8H,3,9,14H2,1-2H3. The van der Waals surface area contributed by atoms with Crippen molar-refractivity contribution in [2.24, 2.45) is 0 Å². The molecule has 4 heteroatoms. The van der Waals surface area contributed by atoms with Gasteiger partial charge in [-0.1, -0.05) is 36.9 Å². The molecule has 0 fully saturated rings. The van der Waals surface area contributed by atoms with E-state index in [1.165, 1.54) is 4.90 Å². The van der Waals surface area contributed by atoms with Gasteiger partial charge in [0.25, 0.3) is 0 Å². The van der Waals surface area contributed by atoms with E-state index in [1.807, 2.05) is 29.8 Å². The van der Waals surface area contributed by atoms with Crippen LogP contribution in [0.1, 0.15) is 19.0 Å². The molecule has 0 unspecified atom stereocenters. The third kappa shape index (κ3) is 2.64. The Balaban J connectivity index is 2.31. The van der Waals surface area contributed by atoms with E-state index in [1.54, 1.807) is 11.8 Å². The van der Waals surface area contributed by atoms with Crippen molar-refractivity contribution >= 4 is 17.4 Å². The van der Waals surface area contributed by atoms with Crippen molar-refractivity contribution in [3.8, 4) is 0 Å². The number of aryl methyl sites for hydroxylation is 2. The van der Waals surface area contributed by atoms with Gasteiger partial charge < -0.3 is 5.73 Å². The Kier molecular flexibility index (Phi) is 3.74. The van der Waals surface area contributed by atoms with Crippen LogP contribution in [0.3, 0.4) is 0 Å². The Morgan fingerprint density at radius 1 is 1.29 bits per heavy atom. The zero-order valence-corrected chi connectivity index (χ0v) is 11.0. The van der Waals surface area contributed by atoms with E-state index in [2.05, 4.69) is 24.2 Å². The molecule has 2 aromatic rings. The highest BCUT2D eigenvalue weighted by Crippen LogP contribution is 2.33. The molecule has 0 aliphatic heterocycles. The average Bonchev–Trinajstić information content (AvgIpc) is 2.59. The minimum absolute atomic E-state index is 0.798. The van der Waals surface area contributed by atoms with Crippen LogP contribution in [0, 0.1) is 6.92 Å². The summed E-state index contributed by atoms with van der Waals surface area (Å²) in [4.78, 5) is 1.19. The predicted molar refractivity (Wildman–Crippen MR) is 72.2 cm³/mol. The minimum atomic E-state index is 0.798. The second kappa shape index (κ2) is 5.27. The first kappa shape index (κ1) is 12.0. The summed E-state index contributed by atoms with van der Waals surface area (Å²) in [5.74, 6) is 0. The maximum atomic E-state index is 6.08. The fourth-order valence-electron chi connectivity index (χ4n) is 1.65. The zero-order valence-electron chi connectivity index (χ0n) is 10.2. The lowest BCUT2D eigenvalue weighted by Gasteiger charge is -2.06. The zero-order chi connectivity index (χ0) is 12.3. The van der Waals surface area contributed by atoms with Crippen LogP contribution < -0.4 is 5.73 Å². The van der Waals surface area contributed by atoms with Crippen LogP contribution in [0.2, 0.25) is 0 Å². The second-order valence-corrected chi connectivity index (χ2v) is 5.00. The molecule has 2 N–H and O–H groups in total. The number of nitrogen functional groups attached to an aromatic ring is 1. The lowest BCUT2D eigenvalue weighted by Crippen LogP contribution is -2.01. The van der Waals surface area contributed by atoms with E-state index in [0.29, 0.717) is 0 Å². The molecule has 1 aromatic heterocycles. The summed E-state index contributed by atoms with van der Waals surface area (Å²) in [7, 11) is 0. The first-order chi connectivity index (χ1) is 8.22. The topological polar surface area (TPSA) is 43.8 Å². The molecule has 0 atom stereocenters. The molecule has 0 radical (unpaired) electrons. The van der Waals surface area contributed by atoms with Crippen molar-refractivity contribution in [1.82, 2.24) is 9.78 Å². The lowest BCUT2D eigenvalue weighted by molar-refractivity contribution is 0.556. The number of hydrogen-bond donors (Lipinski definition) is 1. The van der Waals surface area contributed by atoms with Gasteiger partial charge in [0.05, 0.1) is 11.4 Å². The Hall–Kier alpha value is -1.42. The van der Waals surface area contributed by atoms with Gasteiger partial charge in [0.2, 0.25) is 0 Å². The number of hydrogen-bond acceptors (Lipinski definition) is 3. The first-order valence-electron chi connectivity index (χ1n) is 5.78. The number of anilines is 1. The van der Waals surface area contributed by atoms with Gasteiger partial charge >= 0.3 is 0 Å². The van der Waals surface area contributed by atoms with Gasteiger partial charge in [-0.05, 0) is 25.5 Å². The Morgan fingerprint density at radius 3 is 2.65 bits per heavy atom. The van der Waals surface area contributed by atoms with Crippen molar-refractivity contribution in [2.75, 3.05) is 5.73 Å². The third-order valence-corrected chi connectivity index (χ3v) is 3.65. The molecule has 90 valence electrons. The summed E-state index contributed by atoms with van der Waals surface area (Å²) in [5.41, 5.74) is 7.79. The van der Waals surface area contributed by atoms with Gasteiger partial charge in [-0.3, -0.25) is 4.68 Å². The van der Waals surface area contributed by atoms with Gasteiger partial charge in [0.1, 0.15) is 5.03 Å². The van der Waals surface area contributed by atoms with Crippen molar-refractivity contribution in [3.05, 3.63) is 36.0 Å². The third-order valence-electron chi connectivity index (χ3n) is 2.52. The van der Waals surface area contributed by atoms with Gasteiger partial charge in [-0.15, -0.1) is 0 Å². The van der Waals surface area contributed by atoms with Crippen molar-refractivity contribution in [3.63, 3.8) is 0 Å². The normalized spacial score (nSPS) is 10.7. The SMILES string of the molecule is CCCn1nc(C)c(N)c1Sc1ccccc1. The van der Waals surface area contributed by atoms with Crippen molar-refractivity contribution in [2.45, 2.75) is 36.7 Å². The van der Waals surface area contributed by atoms with Gasteiger partial charge in [-0.2, -0.15) is 5.10 Å². The number of nitrogens with two attached hydrogens (primary N) is 1. The predicted octanol–water partition coefficient (Wildman–Crippen LogP) is 3.33. The van der Waals surface area contributed by atoms with Crippen LogP contribution >= 0.6 is 11.8 Å². The lowest BCUT2D eigenvalue weighted by atomic mass is 10.4. The summed E-state index contributed by atoms with van der Waals surface area (Å²) in [6.07, 6.45) is 1.06. The quantitative estimate of drug-likeness (QED) is 0.901. The fourth-order valence-corrected chi connectivity index (χ4v) is 2.66. The van der Waals surface area contributed by atoms with Crippen molar-refractivity contribution < 1.29 is 0 Å². The van der Waals surface area contributed by atoms with Crippen LogP contribution in [0.4, 0.5) is 5.69 Å². The second-order valence-electron chi connectivity index (χ2n) is 3.94. The molecule has 0 bridgehead atoms. The Bertz CT molecular complexity index is 491. The number of nitrogens with zero attached hydrogens (tertiary/aromatic N) is 2. The van der Waals surface area contributed by atoms with Crippen LogP contribution in [0.25, 0.3) is 0 Å². The molecule has 0 saturated carbocycles. The number of rotatable bonds is 4. The monoisotopic (exact) mass is 247 g/mol. The molecule has 1 aromatic carbocycles. The maximum Gasteiger partial charge on any atom is 0.122 e. The van der Waals surface area contributed by atoms with E-state index in [4.69, 9.17) is 5.73 Å². The molecular weight excluding hydrogens is 230 g/mol. The first-order valence-corrected chi connectivity index (χ1v) is 6.59. The molecule has 1 heterocycles. The molecule has 3 nitrogen and oxygen atoms in total. The van der Waals surface area contributed by atoms with Crippen LogP contribution in [-0.2, 0) is 6.54 Å². The molecule has 0 amide bonds. The summed E-state index contributed by atoms with van der Waals surface area (Å²) in [6.45, 7) is 5.01. The van der Waals surface area contributed by atoms with Crippen LogP contribution in [0.5, 0.6) is 0 Å². The van der Waals surface area contributed by atoms with Gasteiger partial charge in [0.15, 0.2) is 0 Å². The van der Waals surface area contributed by atoms with Crippen LogP contribution in [0.15, 0.2) is 40.3 Å². The number of aromatic nitrogens is 2. The average molecular weight is 247 g/mol. The molecule has 0 saturated heterocycles. The summed E-state index contributed by atoms with van der Waals surface area (Å²) >= 11 is 1.68. The summed E-state index contributed by atoms with van der Waals surface area (Å²) < 4.78 is 2.00. The highest BCUT2D eigenvalue weighted by atomic mass is 32.2. The summed E-state index contributed by atoms with van der Waals surface area (Å²) in [5, 5.41) is 5.52. The van der Waals surface area contributed by atoms with E-state index in [9.17, 15) is 0 Å². The minimum Gasteiger partial charge on any atom is -0.395 e. The van der Waals surface area contributed by atoms with Gasteiger partial charge in [-0.25, -0.2) is 0 Å². The molecule has 17 heavy (non-hydrogen) atoms. The Morgan fingerprint density at radius 2 is 2.00 bits per heavy atom. The molecule has 0 aliphatic rings. The molecule has 0 spiro atoms. The largest absolute Gasteiger partial charge is 0.395 e. The summed E-state index contributed by atoms with van der Waals surface area (Å²) in [6, 6.07) is 10.3. The van der Waals surface area contributed by atoms with E-state index in [0.717, 1.165) is 29.4 Å². The fraction of sp³-hybridized carbons (Fsp3) is 0.308.